The normalized spacial score (nSPS) is 14.5. The minimum absolute atomic E-state index is 0.586. The smallest absolute Gasteiger partial charge is 0.211 e. The Hall–Kier alpha value is -2.11. The molecule has 0 fully saturated rings. The Balaban J connectivity index is 1.53. The van der Waals surface area contributed by atoms with Crippen LogP contribution in [0.4, 0.5) is 0 Å². The molecular formula is C22H14Cl3N3S. The van der Waals surface area contributed by atoms with Crippen LogP contribution in [0.3, 0.4) is 0 Å². The first-order valence-electron chi connectivity index (χ1n) is 9.03. The van der Waals surface area contributed by atoms with Crippen LogP contribution in [0.5, 0.6) is 0 Å². The molecule has 5 rings (SSSR count). The summed E-state index contributed by atoms with van der Waals surface area (Å²) >= 11 is 19.9. The molecule has 7 heteroatoms. The van der Waals surface area contributed by atoms with Gasteiger partial charge >= 0.3 is 0 Å². The van der Waals surface area contributed by atoms with Gasteiger partial charge in [-0.15, -0.1) is 11.3 Å². The number of aryl methyl sites for hydroxylation is 1. The average molecular weight is 459 g/mol. The summed E-state index contributed by atoms with van der Waals surface area (Å²) in [5.41, 5.74) is 6.42. The SMILES string of the molecule is Clc1ccc(C=C2CCc3cnn(-c4nc(-c5ccc(Cl)cc5Cl)cs4)c32)cc1. The Bertz CT molecular complexity index is 1240. The highest BCUT2D eigenvalue weighted by molar-refractivity contribution is 7.12. The van der Waals surface area contributed by atoms with E-state index in [-0.39, 0.29) is 0 Å². The van der Waals surface area contributed by atoms with E-state index >= 15 is 0 Å². The monoisotopic (exact) mass is 457 g/mol. The molecule has 3 nitrogen and oxygen atoms in total. The molecule has 2 heterocycles. The molecule has 0 aliphatic heterocycles. The number of nitrogens with zero attached hydrogens (tertiary/aromatic N) is 3. The first-order valence-corrected chi connectivity index (χ1v) is 11.0. The zero-order valence-corrected chi connectivity index (χ0v) is 18.2. The molecule has 0 spiro atoms. The van der Waals surface area contributed by atoms with Crippen molar-refractivity contribution < 1.29 is 0 Å². The fraction of sp³-hybridized carbons (Fsp3) is 0.0909. The van der Waals surface area contributed by atoms with Gasteiger partial charge in [-0.1, -0.05) is 46.9 Å². The number of hydrogen-bond donors (Lipinski definition) is 0. The van der Waals surface area contributed by atoms with Gasteiger partial charge in [-0.25, -0.2) is 9.67 Å². The van der Waals surface area contributed by atoms with Crippen molar-refractivity contribution in [3.05, 3.63) is 85.9 Å². The molecule has 0 amide bonds. The molecular weight excluding hydrogens is 445 g/mol. The lowest BCUT2D eigenvalue weighted by molar-refractivity contribution is 0.855. The second-order valence-electron chi connectivity index (χ2n) is 6.79. The van der Waals surface area contributed by atoms with E-state index in [0.717, 1.165) is 45.5 Å². The standard InChI is InChI=1S/C22H14Cl3N3S/c23-16-5-1-13(2-6-16)9-14-3-4-15-11-26-28(21(14)15)22-27-20(12-29-22)18-8-7-17(24)10-19(18)25/h1-2,5-12H,3-4H2. The summed E-state index contributed by atoms with van der Waals surface area (Å²) in [7, 11) is 0. The van der Waals surface area contributed by atoms with Gasteiger partial charge in [0.15, 0.2) is 0 Å². The van der Waals surface area contributed by atoms with E-state index in [1.165, 1.54) is 11.1 Å². The summed E-state index contributed by atoms with van der Waals surface area (Å²) in [6, 6.07) is 13.3. The summed E-state index contributed by atoms with van der Waals surface area (Å²) in [6.07, 6.45) is 6.10. The average Bonchev–Trinajstić information content (AvgIpc) is 3.41. The van der Waals surface area contributed by atoms with Gasteiger partial charge in [-0.3, -0.25) is 0 Å². The maximum atomic E-state index is 6.36. The maximum absolute atomic E-state index is 6.36. The Morgan fingerprint density at radius 3 is 2.55 bits per heavy atom. The maximum Gasteiger partial charge on any atom is 0.211 e. The molecule has 0 N–H and O–H groups in total. The highest BCUT2D eigenvalue weighted by Crippen LogP contribution is 2.37. The van der Waals surface area contributed by atoms with Gasteiger partial charge in [0.2, 0.25) is 5.13 Å². The molecule has 144 valence electrons. The lowest BCUT2D eigenvalue weighted by atomic mass is 10.1. The third kappa shape index (κ3) is 3.62. The van der Waals surface area contributed by atoms with E-state index in [2.05, 4.69) is 11.2 Å². The van der Waals surface area contributed by atoms with Crippen molar-refractivity contribution in [3.8, 4) is 16.4 Å². The van der Waals surface area contributed by atoms with Gasteiger partial charge in [-0.05, 0) is 65.9 Å². The van der Waals surface area contributed by atoms with Gasteiger partial charge in [0.05, 0.1) is 22.6 Å². The van der Waals surface area contributed by atoms with Crippen LogP contribution in [0, 0.1) is 0 Å². The van der Waals surface area contributed by atoms with Gasteiger partial charge in [0, 0.05) is 21.0 Å². The van der Waals surface area contributed by atoms with Gasteiger partial charge in [0.25, 0.3) is 0 Å². The number of fused-ring (bicyclic) bond motifs is 1. The number of rotatable bonds is 3. The summed E-state index contributed by atoms with van der Waals surface area (Å²) in [5.74, 6) is 0. The molecule has 1 aliphatic rings. The molecule has 0 unspecified atom stereocenters. The zero-order chi connectivity index (χ0) is 20.0. The molecule has 0 saturated carbocycles. The minimum atomic E-state index is 0.586. The zero-order valence-electron chi connectivity index (χ0n) is 15.1. The summed E-state index contributed by atoms with van der Waals surface area (Å²) in [5, 5.41) is 9.35. The van der Waals surface area contributed by atoms with Crippen molar-refractivity contribution >= 4 is 57.8 Å². The van der Waals surface area contributed by atoms with Gasteiger partial charge in [-0.2, -0.15) is 5.10 Å². The fourth-order valence-corrected chi connectivity index (χ4v) is 4.94. The number of aromatic nitrogens is 3. The number of hydrogen-bond acceptors (Lipinski definition) is 3. The number of benzene rings is 2. The van der Waals surface area contributed by atoms with Crippen LogP contribution < -0.4 is 0 Å². The van der Waals surface area contributed by atoms with Crippen molar-refractivity contribution in [1.29, 1.82) is 0 Å². The van der Waals surface area contributed by atoms with Gasteiger partial charge in [0.1, 0.15) is 0 Å². The largest absolute Gasteiger partial charge is 0.218 e. The molecule has 2 aromatic heterocycles. The Morgan fingerprint density at radius 2 is 1.76 bits per heavy atom. The van der Waals surface area contributed by atoms with E-state index in [0.29, 0.717) is 10.0 Å². The quantitative estimate of drug-likeness (QED) is 0.319. The predicted molar refractivity (Wildman–Crippen MR) is 122 cm³/mol. The third-order valence-electron chi connectivity index (χ3n) is 4.90. The van der Waals surface area contributed by atoms with Crippen molar-refractivity contribution in [2.45, 2.75) is 12.8 Å². The van der Waals surface area contributed by atoms with Crippen LogP contribution in [-0.4, -0.2) is 14.8 Å². The summed E-state index contributed by atoms with van der Waals surface area (Å²) in [6.45, 7) is 0. The van der Waals surface area contributed by atoms with E-state index in [1.54, 1.807) is 17.4 Å². The second-order valence-corrected chi connectivity index (χ2v) is 8.91. The van der Waals surface area contributed by atoms with E-state index in [1.807, 2.05) is 52.7 Å². The first kappa shape index (κ1) is 18.9. The second kappa shape index (κ2) is 7.62. The topological polar surface area (TPSA) is 30.7 Å². The first-order chi connectivity index (χ1) is 14.1. The third-order valence-corrected chi connectivity index (χ3v) is 6.52. The molecule has 0 atom stereocenters. The van der Waals surface area contributed by atoms with Crippen molar-refractivity contribution in [1.82, 2.24) is 14.8 Å². The van der Waals surface area contributed by atoms with Crippen LogP contribution in [0.2, 0.25) is 15.1 Å². The van der Waals surface area contributed by atoms with Crippen molar-refractivity contribution in [2.24, 2.45) is 0 Å². The number of thiazole rings is 1. The molecule has 2 aromatic carbocycles. The minimum Gasteiger partial charge on any atom is -0.218 e. The Kier molecular flexibility index (Phi) is 4.96. The Morgan fingerprint density at radius 1 is 0.966 bits per heavy atom. The fourth-order valence-electron chi connectivity index (χ4n) is 3.52. The molecule has 4 aromatic rings. The highest BCUT2D eigenvalue weighted by atomic mass is 35.5. The summed E-state index contributed by atoms with van der Waals surface area (Å²) < 4.78 is 1.93. The summed E-state index contributed by atoms with van der Waals surface area (Å²) in [4.78, 5) is 4.79. The molecule has 0 radical (unpaired) electrons. The Labute approximate surface area is 187 Å². The molecule has 0 bridgehead atoms. The number of allylic oxidation sites excluding steroid dienone is 1. The van der Waals surface area contributed by atoms with E-state index in [9.17, 15) is 0 Å². The van der Waals surface area contributed by atoms with E-state index in [4.69, 9.17) is 39.8 Å². The lowest BCUT2D eigenvalue weighted by Crippen LogP contribution is -2.00. The molecule has 29 heavy (non-hydrogen) atoms. The van der Waals surface area contributed by atoms with Gasteiger partial charge < -0.3 is 0 Å². The van der Waals surface area contributed by atoms with Crippen LogP contribution in [-0.2, 0) is 6.42 Å². The van der Waals surface area contributed by atoms with E-state index < -0.39 is 0 Å². The van der Waals surface area contributed by atoms with Crippen LogP contribution >= 0.6 is 46.1 Å². The van der Waals surface area contributed by atoms with Crippen molar-refractivity contribution in [2.75, 3.05) is 0 Å². The molecule has 1 aliphatic carbocycles. The van der Waals surface area contributed by atoms with Crippen LogP contribution in [0.15, 0.2) is 54.0 Å². The van der Waals surface area contributed by atoms with Crippen LogP contribution in [0.25, 0.3) is 28.0 Å². The molecule has 0 saturated heterocycles. The lowest BCUT2D eigenvalue weighted by Gasteiger charge is -2.05. The number of halogens is 3. The van der Waals surface area contributed by atoms with Crippen LogP contribution in [0.1, 0.15) is 23.2 Å². The highest BCUT2D eigenvalue weighted by Gasteiger charge is 2.24. The predicted octanol–water partition coefficient (Wildman–Crippen LogP) is 7.44. The van der Waals surface area contributed by atoms with Crippen molar-refractivity contribution in [3.63, 3.8) is 0 Å².